The van der Waals surface area contributed by atoms with Gasteiger partial charge in [0.15, 0.2) is 0 Å². The third kappa shape index (κ3) is 5.60. The predicted molar refractivity (Wildman–Crippen MR) is 78.9 cm³/mol. The minimum absolute atomic E-state index is 0.218. The van der Waals surface area contributed by atoms with Gasteiger partial charge in [-0.1, -0.05) is 6.42 Å². The van der Waals surface area contributed by atoms with Gasteiger partial charge in [0.05, 0.1) is 12.1 Å². The van der Waals surface area contributed by atoms with E-state index < -0.39 is 10.0 Å². The number of hydrogen-bond donors (Lipinski definition) is 2. The summed E-state index contributed by atoms with van der Waals surface area (Å²) in [6.45, 7) is 2.29. The number of aryl methyl sites for hydroxylation is 1. The fourth-order valence-corrected chi connectivity index (χ4v) is 3.64. The van der Waals surface area contributed by atoms with Crippen molar-refractivity contribution in [1.82, 2.24) is 19.6 Å². The van der Waals surface area contributed by atoms with Crippen molar-refractivity contribution in [3.63, 3.8) is 0 Å². The molecular weight excluding hydrogens is 276 g/mol. The molecule has 1 aromatic heterocycles. The molecule has 6 nitrogen and oxygen atoms in total. The van der Waals surface area contributed by atoms with Gasteiger partial charge >= 0.3 is 0 Å². The van der Waals surface area contributed by atoms with Crippen LogP contribution in [-0.2, 0) is 16.6 Å². The van der Waals surface area contributed by atoms with E-state index in [0.717, 1.165) is 25.9 Å². The van der Waals surface area contributed by atoms with Crippen molar-refractivity contribution in [1.29, 1.82) is 0 Å². The molecule has 2 heterocycles. The summed E-state index contributed by atoms with van der Waals surface area (Å²) in [6, 6.07) is 0.367. The van der Waals surface area contributed by atoms with Gasteiger partial charge in [-0.05, 0) is 32.2 Å². The number of aromatic nitrogens is 2. The maximum Gasteiger partial charge on any atom is 0.211 e. The molecule has 2 N–H and O–H groups in total. The van der Waals surface area contributed by atoms with E-state index in [4.69, 9.17) is 0 Å². The van der Waals surface area contributed by atoms with Crippen LogP contribution in [-0.4, -0.2) is 42.9 Å². The lowest BCUT2D eigenvalue weighted by Crippen LogP contribution is -2.37. The standard InChI is InChI=1S/C13H24N4O2S/c18-20(19,11-5-13-4-1-2-6-15-13)16-7-3-9-17-10-8-14-12-17/h8,10,12-13,15-16H,1-7,9,11H2. The largest absolute Gasteiger partial charge is 0.337 e. The minimum Gasteiger partial charge on any atom is -0.337 e. The Bertz CT molecular complexity index is 467. The molecule has 0 spiro atoms. The Morgan fingerprint density at radius 1 is 1.40 bits per heavy atom. The van der Waals surface area contributed by atoms with E-state index in [2.05, 4.69) is 15.0 Å². The number of imidazole rings is 1. The molecule has 1 aliphatic heterocycles. The van der Waals surface area contributed by atoms with Crippen LogP contribution in [0.4, 0.5) is 0 Å². The number of sulfonamides is 1. The first-order valence-corrected chi connectivity index (χ1v) is 8.97. The molecule has 7 heteroatoms. The number of nitrogens with one attached hydrogen (secondary N) is 2. The summed E-state index contributed by atoms with van der Waals surface area (Å²) in [5.74, 6) is 0.218. The van der Waals surface area contributed by atoms with Gasteiger partial charge in [-0.15, -0.1) is 0 Å². The zero-order chi connectivity index (χ0) is 14.3. The lowest BCUT2D eigenvalue weighted by Gasteiger charge is -2.23. The summed E-state index contributed by atoms with van der Waals surface area (Å²) in [7, 11) is -3.14. The molecule has 0 aromatic carbocycles. The molecular formula is C13H24N4O2S. The minimum atomic E-state index is -3.14. The number of piperidine rings is 1. The number of hydrogen-bond acceptors (Lipinski definition) is 4. The lowest BCUT2D eigenvalue weighted by atomic mass is 10.0. The molecule has 1 saturated heterocycles. The molecule has 0 amide bonds. The Labute approximate surface area is 121 Å². The highest BCUT2D eigenvalue weighted by Crippen LogP contribution is 2.10. The van der Waals surface area contributed by atoms with Crippen molar-refractivity contribution in [2.75, 3.05) is 18.8 Å². The maximum absolute atomic E-state index is 11.9. The molecule has 1 aromatic rings. The highest BCUT2D eigenvalue weighted by Gasteiger charge is 2.16. The van der Waals surface area contributed by atoms with Crippen LogP contribution in [0.15, 0.2) is 18.7 Å². The van der Waals surface area contributed by atoms with Crippen molar-refractivity contribution in [2.45, 2.75) is 44.7 Å². The third-order valence-corrected chi connectivity index (χ3v) is 5.04. The highest BCUT2D eigenvalue weighted by atomic mass is 32.2. The second-order valence-electron chi connectivity index (χ2n) is 5.30. The Hall–Kier alpha value is -0.920. The monoisotopic (exact) mass is 300 g/mol. The summed E-state index contributed by atoms with van der Waals surface area (Å²) in [5.41, 5.74) is 0. The van der Waals surface area contributed by atoms with Crippen molar-refractivity contribution in [3.8, 4) is 0 Å². The van der Waals surface area contributed by atoms with Gasteiger partial charge in [0.25, 0.3) is 0 Å². The van der Waals surface area contributed by atoms with Crippen molar-refractivity contribution in [2.24, 2.45) is 0 Å². The third-order valence-electron chi connectivity index (χ3n) is 3.62. The van der Waals surface area contributed by atoms with Gasteiger partial charge in [-0.25, -0.2) is 18.1 Å². The normalized spacial score (nSPS) is 20.1. The average Bonchev–Trinajstić information content (AvgIpc) is 2.96. The smallest absolute Gasteiger partial charge is 0.211 e. The van der Waals surface area contributed by atoms with Crippen molar-refractivity contribution < 1.29 is 8.42 Å². The van der Waals surface area contributed by atoms with E-state index in [1.54, 1.807) is 12.5 Å². The van der Waals surface area contributed by atoms with Gasteiger partial charge in [-0.2, -0.15) is 0 Å². The molecule has 2 rings (SSSR count). The van der Waals surface area contributed by atoms with Crippen LogP contribution in [0.5, 0.6) is 0 Å². The van der Waals surface area contributed by atoms with Gasteiger partial charge in [0.2, 0.25) is 10.0 Å². The van der Waals surface area contributed by atoms with E-state index in [1.807, 2.05) is 10.8 Å². The number of nitrogens with zero attached hydrogens (tertiary/aromatic N) is 2. The molecule has 1 unspecified atom stereocenters. The van der Waals surface area contributed by atoms with Gasteiger partial charge in [0.1, 0.15) is 0 Å². The summed E-state index contributed by atoms with van der Waals surface area (Å²) >= 11 is 0. The Morgan fingerprint density at radius 3 is 3.00 bits per heavy atom. The van der Waals surface area contributed by atoms with Crippen LogP contribution in [0, 0.1) is 0 Å². The zero-order valence-electron chi connectivity index (χ0n) is 11.8. The maximum atomic E-state index is 11.9. The Morgan fingerprint density at radius 2 is 2.30 bits per heavy atom. The Balaban J connectivity index is 1.60. The number of rotatable bonds is 8. The fraction of sp³-hybridized carbons (Fsp3) is 0.769. The van der Waals surface area contributed by atoms with Crippen LogP contribution in [0.3, 0.4) is 0 Å². The van der Waals surface area contributed by atoms with Crippen LogP contribution < -0.4 is 10.0 Å². The fourth-order valence-electron chi connectivity index (χ4n) is 2.45. The summed E-state index contributed by atoms with van der Waals surface area (Å²) < 4.78 is 28.4. The molecule has 0 aliphatic carbocycles. The molecule has 0 radical (unpaired) electrons. The van der Waals surface area contributed by atoms with Crippen LogP contribution in [0.25, 0.3) is 0 Å². The summed E-state index contributed by atoms with van der Waals surface area (Å²) in [6.07, 6.45) is 10.3. The molecule has 1 aliphatic rings. The van der Waals surface area contributed by atoms with Crippen LogP contribution in [0.2, 0.25) is 0 Å². The van der Waals surface area contributed by atoms with E-state index in [9.17, 15) is 8.42 Å². The zero-order valence-corrected chi connectivity index (χ0v) is 12.6. The van der Waals surface area contributed by atoms with E-state index in [0.29, 0.717) is 19.0 Å². The SMILES string of the molecule is O=S(=O)(CCC1CCCCN1)NCCCn1ccnc1. The first kappa shape index (κ1) is 15.5. The molecule has 20 heavy (non-hydrogen) atoms. The summed E-state index contributed by atoms with van der Waals surface area (Å²) in [5, 5.41) is 3.37. The van der Waals surface area contributed by atoms with Crippen LogP contribution >= 0.6 is 0 Å². The predicted octanol–water partition coefficient (Wildman–Crippen LogP) is 0.725. The van der Waals surface area contributed by atoms with Gasteiger partial charge < -0.3 is 9.88 Å². The highest BCUT2D eigenvalue weighted by molar-refractivity contribution is 7.89. The van der Waals surface area contributed by atoms with E-state index in [-0.39, 0.29) is 5.75 Å². The van der Waals surface area contributed by atoms with E-state index in [1.165, 1.54) is 12.8 Å². The summed E-state index contributed by atoms with van der Waals surface area (Å²) in [4.78, 5) is 3.95. The first-order valence-electron chi connectivity index (χ1n) is 7.32. The molecule has 0 bridgehead atoms. The average molecular weight is 300 g/mol. The Kier molecular flexibility index (Phi) is 6.00. The molecule has 1 fully saturated rings. The molecule has 0 saturated carbocycles. The van der Waals surface area contributed by atoms with Gasteiger partial charge in [-0.3, -0.25) is 0 Å². The lowest BCUT2D eigenvalue weighted by molar-refractivity contribution is 0.392. The quantitative estimate of drug-likeness (QED) is 0.694. The second-order valence-corrected chi connectivity index (χ2v) is 7.23. The second kappa shape index (κ2) is 7.75. The first-order chi connectivity index (χ1) is 9.66. The molecule has 1 atom stereocenters. The topological polar surface area (TPSA) is 76.0 Å². The van der Waals surface area contributed by atoms with E-state index >= 15 is 0 Å². The van der Waals surface area contributed by atoms with Crippen LogP contribution in [0.1, 0.15) is 32.1 Å². The van der Waals surface area contributed by atoms with Crippen molar-refractivity contribution >= 4 is 10.0 Å². The van der Waals surface area contributed by atoms with Gasteiger partial charge in [0, 0.05) is 31.5 Å². The molecule has 114 valence electrons. The van der Waals surface area contributed by atoms with Crippen molar-refractivity contribution in [3.05, 3.63) is 18.7 Å².